The molecular weight excluding hydrogens is 246 g/mol. The first-order chi connectivity index (χ1) is 9.84. The third-order valence-corrected chi connectivity index (χ3v) is 5.81. The van der Waals surface area contributed by atoms with E-state index in [1.165, 1.54) is 24.8 Å². The van der Waals surface area contributed by atoms with Gasteiger partial charge in [-0.3, -0.25) is 4.79 Å². The largest absolute Gasteiger partial charge is 0.313 e. The van der Waals surface area contributed by atoms with Crippen molar-refractivity contribution in [2.45, 2.75) is 44.6 Å². The number of carbonyl (C=O) groups is 1. The molecule has 1 saturated heterocycles. The van der Waals surface area contributed by atoms with Gasteiger partial charge in [0.05, 0.1) is 0 Å². The lowest BCUT2D eigenvalue weighted by molar-refractivity contribution is 0.0870. The van der Waals surface area contributed by atoms with Gasteiger partial charge < -0.3 is 5.32 Å². The predicted octanol–water partition coefficient (Wildman–Crippen LogP) is 3.21. The molecular formula is C18H23NO. The number of nitrogens with one attached hydrogen (secondary N) is 1. The number of aryl methyl sites for hydroxylation is 1. The fraction of sp³-hybridized carbons (Fsp3) is 0.611. The summed E-state index contributed by atoms with van der Waals surface area (Å²) in [4.78, 5) is 13.0. The van der Waals surface area contributed by atoms with Gasteiger partial charge in [0.1, 0.15) is 0 Å². The summed E-state index contributed by atoms with van der Waals surface area (Å²) in [6, 6.07) is 8.70. The van der Waals surface area contributed by atoms with Crippen LogP contribution in [0.15, 0.2) is 24.3 Å². The smallest absolute Gasteiger partial charge is 0.167 e. The summed E-state index contributed by atoms with van der Waals surface area (Å²) in [6.07, 6.45) is 7.35. The standard InChI is InChI=1S/C18H23NO/c20-18-15-8-2-1-5-12(15)6-3-10-16(18)17-14-9-4-7-13(14)11-19-17/h1-2,5,8,13-14,16-17,19H,3-4,6-7,9-11H2. The summed E-state index contributed by atoms with van der Waals surface area (Å²) in [5.41, 5.74) is 2.26. The number of hydrogen-bond acceptors (Lipinski definition) is 2. The van der Waals surface area contributed by atoms with E-state index in [2.05, 4.69) is 17.4 Å². The monoisotopic (exact) mass is 269 g/mol. The van der Waals surface area contributed by atoms with Crippen LogP contribution >= 0.6 is 0 Å². The average molecular weight is 269 g/mol. The van der Waals surface area contributed by atoms with E-state index in [0.717, 1.165) is 43.2 Å². The molecule has 0 radical (unpaired) electrons. The van der Waals surface area contributed by atoms with Crippen LogP contribution in [0, 0.1) is 17.8 Å². The minimum Gasteiger partial charge on any atom is -0.313 e. The van der Waals surface area contributed by atoms with Crippen molar-refractivity contribution in [3.63, 3.8) is 0 Å². The van der Waals surface area contributed by atoms with Crippen LogP contribution in [0.5, 0.6) is 0 Å². The highest BCUT2D eigenvalue weighted by atomic mass is 16.1. The van der Waals surface area contributed by atoms with Gasteiger partial charge in [0.25, 0.3) is 0 Å². The van der Waals surface area contributed by atoms with E-state index in [0.29, 0.717) is 11.8 Å². The molecule has 2 heteroatoms. The van der Waals surface area contributed by atoms with Crippen LogP contribution < -0.4 is 5.32 Å². The highest BCUT2D eigenvalue weighted by Gasteiger charge is 2.45. The van der Waals surface area contributed by atoms with Crippen LogP contribution in [0.4, 0.5) is 0 Å². The van der Waals surface area contributed by atoms with Crippen molar-refractivity contribution >= 4 is 5.78 Å². The van der Waals surface area contributed by atoms with Crippen molar-refractivity contribution in [3.05, 3.63) is 35.4 Å². The molecule has 2 fully saturated rings. The minimum atomic E-state index is 0.215. The molecule has 1 saturated carbocycles. The van der Waals surface area contributed by atoms with Gasteiger partial charge in [-0.2, -0.15) is 0 Å². The molecule has 1 heterocycles. The Morgan fingerprint density at radius 2 is 1.95 bits per heavy atom. The maximum atomic E-state index is 13.0. The summed E-state index contributed by atoms with van der Waals surface area (Å²) in [5.74, 6) is 2.22. The van der Waals surface area contributed by atoms with Crippen LogP contribution in [0.25, 0.3) is 0 Å². The van der Waals surface area contributed by atoms with Crippen molar-refractivity contribution in [1.29, 1.82) is 0 Å². The molecule has 1 N–H and O–H groups in total. The Morgan fingerprint density at radius 3 is 2.90 bits per heavy atom. The van der Waals surface area contributed by atoms with E-state index >= 15 is 0 Å². The zero-order valence-electron chi connectivity index (χ0n) is 12.0. The first-order valence-corrected chi connectivity index (χ1v) is 8.20. The molecule has 2 aliphatic carbocycles. The van der Waals surface area contributed by atoms with Gasteiger partial charge in [-0.05, 0) is 56.0 Å². The quantitative estimate of drug-likeness (QED) is 0.793. The number of fused-ring (bicyclic) bond motifs is 2. The first-order valence-electron chi connectivity index (χ1n) is 8.20. The zero-order valence-corrected chi connectivity index (χ0v) is 12.0. The van der Waals surface area contributed by atoms with Crippen molar-refractivity contribution in [2.75, 3.05) is 6.54 Å². The first kappa shape index (κ1) is 12.6. The lowest BCUT2D eigenvalue weighted by atomic mass is 9.80. The molecule has 0 aromatic heterocycles. The van der Waals surface area contributed by atoms with E-state index in [1.807, 2.05) is 12.1 Å². The van der Waals surface area contributed by atoms with Gasteiger partial charge in [-0.15, -0.1) is 0 Å². The molecule has 3 aliphatic rings. The van der Waals surface area contributed by atoms with Crippen molar-refractivity contribution in [1.82, 2.24) is 5.32 Å². The number of carbonyl (C=O) groups excluding carboxylic acids is 1. The van der Waals surface area contributed by atoms with Crippen molar-refractivity contribution in [2.24, 2.45) is 17.8 Å². The van der Waals surface area contributed by atoms with Gasteiger partial charge in [0.2, 0.25) is 0 Å². The van der Waals surface area contributed by atoms with Crippen LogP contribution in [-0.2, 0) is 6.42 Å². The Bertz CT molecular complexity index is 524. The molecule has 1 aromatic rings. The van der Waals surface area contributed by atoms with Gasteiger partial charge in [0.15, 0.2) is 5.78 Å². The Kier molecular flexibility index (Phi) is 3.14. The fourth-order valence-electron chi connectivity index (χ4n) is 4.84. The Morgan fingerprint density at radius 1 is 1.05 bits per heavy atom. The molecule has 0 amide bonds. The Hall–Kier alpha value is -1.15. The second-order valence-electron chi connectivity index (χ2n) is 6.81. The van der Waals surface area contributed by atoms with E-state index in [9.17, 15) is 4.79 Å². The van der Waals surface area contributed by atoms with Crippen LogP contribution in [0.2, 0.25) is 0 Å². The molecule has 1 aliphatic heterocycles. The van der Waals surface area contributed by atoms with Crippen molar-refractivity contribution in [3.8, 4) is 0 Å². The molecule has 2 nitrogen and oxygen atoms in total. The highest BCUT2D eigenvalue weighted by molar-refractivity contribution is 6.00. The van der Waals surface area contributed by atoms with Crippen LogP contribution in [-0.4, -0.2) is 18.4 Å². The molecule has 106 valence electrons. The van der Waals surface area contributed by atoms with Gasteiger partial charge >= 0.3 is 0 Å². The minimum absolute atomic E-state index is 0.215. The molecule has 20 heavy (non-hydrogen) atoms. The third-order valence-electron chi connectivity index (χ3n) is 5.81. The second kappa shape index (κ2) is 5.00. The molecule has 0 bridgehead atoms. The summed E-state index contributed by atoms with van der Waals surface area (Å²) in [5, 5.41) is 3.70. The summed E-state index contributed by atoms with van der Waals surface area (Å²) in [6.45, 7) is 1.14. The number of ketones is 1. The lowest BCUT2D eigenvalue weighted by Gasteiger charge is -2.26. The van der Waals surface area contributed by atoms with Gasteiger partial charge in [-0.1, -0.05) is 30.7 Å². The third kappa shape index (κ3) is 1.93. The molecule has 0 spiro atoms. The maximum Gasteiger partial charge on any atom is 0.167 e. The summed E-state index contributed by atoms with van der Waals surface area (Å²) < 4.78 is 0. The molecule has 4 rings (SSSR count). The SMILES string of the molecule is O=C1c2ccccc2CCCC1C1NCC2CCCC21. The topological polar surface area (TPSA) is 29.1 Å². The highest BCUT2D eigenvalue weighted by Crippen LogP contribution is 2.42. The number of rotatable bonds is 1. The average Bonchev–Trinajstić information content (AvgIpc) is 3.03. The lowest BCUT2D eigenvalue weighted by Crippen LogP contribution is -2.39. The zero-order chi connectivity index (χ0) is 13.5. The van der Waals surface area contributed by atoms with E-state index < -0.39 is 0 Å². The molecule has 1 aromatic carbocycles. The predicted molar refractivity (Wildman–Crippen MR) is 79.8 cm³/mol. The van der Waals surface area contributed by atoms with Crippen LogP contribution in [0.3, 0.4) is 0 Å². The number of Topliss-reactive ketones (excluding diaryl/α,β-unsaturated/α-hetero) is 1. The normalized spacial score (nSPS) is 36.5. The van der Waals surface area contributed by atoms with E-state index in [1.54, 1.807) is 0 Å². The Labute approximate surface area is 121 Å². The number of hydrogen-bond donors (Lipinski definition) is 1. The van der Waals surface area contributed by atoms with Gasteiger partial charge in [-0.25, -0.2) is 0 Å². The fourth-order valence-corrected chi connectivity index (χ4v) is 4.84. The van der Waals surface area contributed by atoms with Gasteiger partial charge in [0, 0.05) is 17.5 Å². The Balaban J connectivity index is 1.64. The van der Waals surface area contributed by atoms with E-state index in [4.69, 9.17) is 0 Å². The maximum absolute atomic E-state index is 13.0. The molecule has 4 unspecified atom stereocenters. The number of benzene rings is 1. The second-order valence-corrected chi connectivity index (χ2v) is 6.81. The van der Waals surface area contributed by atoms with Crippen molar-refractivity contribution < 1.29 is 4.79 Å². The van der Waals surface area contributed by atoms with Crippen LogP contribution in [0.1, 0.15) is 48.0 Å². The molecule has 4 atom stereocenters. The summed E-state index contributed by atoms with van der Waals surface area (Å²) in [7, 11) is 0. The van der Waals surface area contributed by atoms with E-state index in [-0.39, 0.29) is 5.92 Å². The summed E-state index contributed by atoms with van der Waals surface area (Å²) >= 11 is 0.